The highest BCUT2D eigenvalue weighted by Crippen LogP contribution is 2.45. The average molecular weight is 536 g/mol. The van der Waals surface area contributed by atoms with Gasteiger partial charge in [-0.15, -0.1) is 0 Å². The molecule has 1 aliphatic carbocycles. The first-order valence-electron chi connectivity index (χ1n) is 14.4. The van der Waals surface area contributed by atoms with Crippen molar-refractivity contribution in [3.63, 3.8) is 0 Å². The number of hydrogen-bond acceptors (Lipinski definition) is 8. The quantitative estimate of drug-likeness (QED) is 0.511. The summed E-state index contributed by atoms with van der Waals surface area (Å²) in [6, 6.07) is 2.82. The van der Waals surface area contributed by atoms with Crippen LogP contribution in [0.1, 0.15) is 56.7 Å². The Hall–Kier alpha value is -3.19. The molecule has 0 bridgehead atoms. The number of carbonyl (C=O) groups is 2. The van der Waals surface area contributed by atoms with Crippen molar-refractivity contribution in [1.82, 2.24) is 24.7 Å². The lowest BCUT2D eigenvalue weighted by molar-refractivity contribution is -0.131. The van der Waals surface area contributed by atoms with Crippen LogP contribution >= 0.6 is 0 Å². The van der Waals surface area contributed by atoms with Crippen molar-refractivity contribution in [2.24, 2.45) is 5.41 Å². The Kier molecular flexibility index (Phi) is 8.08. The zero-order valence-corrected chi connectivity index (χ0v) is 23.4. The maximum Gasteiger partial charge on any atom is 0.318 e. The molecular weight excluding hydrogens is 494 g/mol. The van der Waals surface area contributed by atoms with Gasteiger partial charge in [0.15, 0.2) is 0 Å². The second-order valence-electron chi connectivity index (χ2n) is 11.7. The fourth-order valence-electron chi connectivity index (χ4n) is 6.88. The molecule has 0 unspecified atom stereocenters. The minimum Gasteiger partial charge on any atom is -0.462 e. The summed E-state index contributed by atoms with van der Waals surface area (Å²) in [5.74, 6) is 0.904. The predicted molar refractivity (Wildman–Crippen MR) is 147 cm³/mol. The molecule has 39 heavy (non-hydrogen) atoms. The van der Waals surface area contributed by atoms with E-state index in [9.17, 15) is 14.9 Å². The van der Waals surface area contributed by atoms with E-state index in [4.69, 9.17) is 14.7 Å². The number of hydrogen-bond donors (Lipinski definition) is 0. The summed E-state index contributed by atoms with van der Waals surface area (Å²) in [5.41, 5.74) is 2.37. The van der Waals surface area contributed by atoms with Crippen molar-refractivity contribution in [2.45, 2.75) is 70.4 Å². The van der Waals surface area contributed by atoms with Gasteiger partial charge in [0, 0.05) is 51.3 Å². The standard InChI is InChI=1S/C29H41N7O3/c1-4-26(38)36-17-16-35(19-22(36)8-12-30)27-24-7-9-29(10-14-34(15-11-29)21(2)37)18-25(24)31-28(32-27)39-20-23-6-5-13-33(23)3/h4,22-23H,1,5-11,13-20H2,2-3H3/t22-,23-/m0/s1. The maximum absolute atomic E-state index is 12.5. The van der Waals surface area contributed by atoms with Crippen LogP contribution in [0, 0.1) is 16.7 Å². The minimum absolute atomic E-state index is 0.136. The van der Waals surface area contributed by atoms with E-state index in [1.165, 1.54) is 18.1 Å². The van der Waals surface area contributed by atoms with E-state index in [1.54, 1.807) is 11.8 Å². The summed E-state index contributed by atoms with van der Waals surface area (Å²) in [6.07, 6.45) is 8.64. The smallest absolute Gasteiger partial charge is 0.318 e. The molecule has 1 aromatic rings. The largest absolute Gasteiger partial charge is 0.462 e. The Balaban J connectivity index is 1.42. The van der Waals surface area contributed by atoms with Gasteiger partial charge in [0.25, 0.3) is 0 Å². The molecule has 10 nitrogen and oxygen atoms in total. The number of carbonyl (C=O) groups excluding carboxylic acids is 2. The molecule has 10 heteroatoms. The number of fused-ring (bicyclic) bond motifs is 1. The van der Waals surface area contributed by atoms with Gasteiger partial charge in [-0.1, -0.05) is 6.58 Å². The van der Waals surface area contributed by atoms with Gasteiger partial charge in [0.1, 0.15) is 12.4 Å². The molecule has 210 valence electrons. The number of nitriles is 1. The molecule has 0 N–H and O–H groups in total. The third kappa shape index (κ3) is 5.74. The van der Waals surface area contributed by atoms with E-state index in [0.717, 1.165) is 69.7 Å². The zero-order valence-electron chi connectivity index (χ0n) is 23.4. The van der Waals surface area contributed by atoms with Gasteiger partial charge < -0.3 is 24.3 Å². The number of rotatable bonds is 6. The number of piperazine rings is 1. The molecule has 4 heterocycles. The van der Waals surface area contributed by atoms with Crippen LogP contribution in [0.25, 0.3) is 0 Å². The van der Waals surface area contributed by atoms with E-state index in [0.29, 0.717) is 38.3 Å². The van der Waals surface area contributed by atoms with Crippen LogP contribution in [-0.4, -0.2) is 101 Å². The number of piperidine rings is 1. The summed E-state index contributed by atoms with van der Waals surface area (Å²) >= 11 is 0. The second kappa shape index (κ2) is 11.5. The van der Waals surface area contributed by atoms with Crippen LogP contribution in [0.15, 0.2) is 12.7 Å². The highest BCUT2D eigenvalue weighted by atomic mass is 16.5. The van der Waals surface area contributed by atoms with Gasteiger partial charge in [-0.2, -0.15) is 15.2 Å². The van der Waals surface area contributed by atoms with Crippen molar-refractivity contribution < 1.29 is 14.3 Å². The molecule has 1 spiro atoms. The van der Waals surface area contributed by atoms with Crippen molar-refractivity contribution in [1.29, 1.82) is 5.26 Å². The molecule has 0 aromatic carbocycles. The lowest BCUT2D eigenvalue weighted by Gasteiger charge is -2.45. The lowest BCUT2D eigenvalue weighted by Crippen LogP contribution is -2.55. The van der Waals surface area contributed by atoms with Gasteiger partial charge in [-0.3, -0.25) is 9.59 Å². The summed E-state index contributed by atoms with van der Waals surface area (Å²) in [4.78, 5) is 42.6. The maximum atomic E-state index is 12.5. The van der Waals surface area contributed by atoms with Crippen LogP contribution in [0.2, 0.25) is 0 Å². The Bertz CT molecular complexity index is 1140. The first-order valence-corrected chi connectivity index (χ1v) is 14.4. The molecule has 4 aliphatic rings. The summed E-state index contributed by atoms with van der Waals surface area (Å²) in [6.45, 7) is 10.2. The van der Waals surface area contributed by atoms with Crippen molar-refractivity contribution in [3.8, 4) is 12.1 Å². The van der Waals surface area contributed by atoms with Crippen LogP contribution in [0.4, 0.5) is 5.82 Å². The first-order chi connectivity index (χ1) is 18.8. The number of amides is 2. The number of likely N-dealkylation sites (N-methyl/N-ethyl adjacent to an activating group) is 1. The minimum atomic E-state index is -0.220. The molecule has 0 saturated carbocycles. The van der Waals surface area contributed by atoms with E-state index >= 15 is 0 Å². The molecule has 0 radical (unpaired) electrons. The monoisotopic (exact) mass is 535 g/mol. The van der Waals surface area contributed by atoms with Gasteiger partial charge in [-0.05, 0) is 70.0 Å². The van der Waals surface area contributed by atoms with E-state index < -0.39 is 0 Å². The van der Waals surface area contributed by atoms with E-state index in [1.807, 2.05) is 4.90 Å². The Morgan fingerprint density at radius 1 is 1.15 bits per heavy atom. The number of nitrogens with zero attached hydrogens (tertiary/aromatic N) is 7. The van der Waals surface area contributed by atoms with Gasteiger partial charge >= 0.3 is 6.01 Å². The second-order valence-corrected chi connectivity index (χ2v) is 11.7. The topological polar surface area (TPSA) is 106 Å². The molecular formula is C29H41N7O3. The van der Waals surface area contributed by atoms with E-state index in [2.05, 4.69) is 29.5 Å². The third-order valence-corrected chi connectivity index (χ3v) is 9.41. The van der Waals surface area contributed by atoms with Crippen LogP contribution < -0.4 is 9.64 Å². The number of aromatic nitrogens is 2. The average Bonchev–Trinajstić information content (AvgIpc) is 3.35. The van der Waals surface area contributed by atoms with Crippen LogP contribution in [0.3, 0.4) is 0 Å². The van der Waals surface area contributed by atoms with Crippen LogP contribution in [0.5, 0.6) is 6.01 Å². The molecule has 1 aromatic heterocycles. The molecule has 2 atom stereocenters. The van der Waals surface area contributed by atoms with Crippen LogP contribution in [-0.2, 0) is 22.4 Å². The number of ether oxygens (including phenoxy) is 1. The molecule has 3 saturated heterocycles. The molecule has 5 rings (SSSR count). The lowest BCUT2D eigenvalue weighted by atomic mass is 9.67. The summed E-state index contributed by atoms with van der Waals surface area (Å²) < 4.78 is 6.26. The van der Waals surface area contributed by atoms with E-state index in [-0.39, 0.29) is 29.7 Å². The molecule has 3 aliphatic heterocycles. The first kappa shape index (κ1) is 27.4. The third-order valence-electron chi connectivity index (χ3n) is 9.41. The molecule has 3 fully saturated rings. The summed E-state index contributed by atoms with van der Waals surface area (Å²) in [7, 11) is 2.14. The molecule has 2 amide bonds. The Morgan fingerprint density at radius 3 is 2.62 bits per heavy atom. The van der Waals surface area contributed by atoms with Gasteiger partial charge in [0.05, 0.1) is 24.2 Å². The fraction of sp³-hybridized carbons (Fsp3) is 0.690. The van der Waals surface area contributed by atoms with Crippen molar-refractivity contribution in [3.05, 3.63) is 23.9 Å². The number of likely N-dealkylation sites (tertiary alicyclic amines) is 2. The van der Waals surface area contributed by atoms with Gasteiger partial charge in [-0.25, -0.2) is 0 Å². The zero-order chi connectivity index (χ0) is 27.6. The van der Waals surface area contributed by atoms with Gasteiger partial charge in [0.2, 0.25) is 11.8 Å². The highest BCUT2D eigenvalue weighted by molar-refractivity contribution is 5.87. The highest BCUT2D eigenvalue weighted by Gasteiger charge is 2.41. The number of anilines is 1. The van der Waals surface area contributed by atoms with Crippen molar-refractivity contribution in [2.75, 3.05) is 57.8 Å². The SMILES string of the molecule is C=CC(=O)N1CCN(c2nc(OC[C@@H]3CCCN3C)nc3c2CCC2(CCN(C(C)=O)CC2)C3)C[C@@H]1CC#N. The normalized spacial score (nSPS) is 24.8. The Labute approximate surface area is 231 Å². The van der Waals surface area contributed by atoms with Crippen molar-refractivity contribution >= 4 is 17.6 Å². The Morgan fingerprint density at radius 2 is 1.95 bits per heavy atom. The fourth-order valence-corrected chi connectivity index (χ4v) is 6.88. The predicted octanol–water partition coefficient (Wildman–Crippen LogP) is 2.18. The summed E-state index contributed by atoms with van der Waals surface area (Å²) in [5, 5.41) is 9.47.